The van der Waals surface area contributed by atoms with E-state index in [-0.39, 0.29) is 0 Å². The van der Waals surface area contributed by atoms with Crippen LogP contribution in [0.4, 0.5) is 0 Å². The molecular weight excluding hydrogens is 228 g/mol. The first-order chi connectivity index (χ1) is 9.14. The van der Waals surface area contributed by atoms with E-state index in [9.17, 15) is 0 Å². The zero-order valence-corrected chi connectivity index (χ0v) is 13.3. The minimum Gasteiger partial charge on any atom is -0.0654 e. The van der Waals surface area contributed by atoms with E-state index in [2.05, 4.69) is 51.1 Å². The summed E-state index contributed by atoms with van der Waals surface area (Å²) in [7, 11) is 0. The lowest BCUT2D eigenvalue weighted by Gasteiger charge is -2.23. The molecule has 0 N–H and O–H groups in total. The van der Waals surface area contributed by atoms with Gasteiger partial charge in [0.15, 0.2) is 0 Å². The Labute approximate surface area is 120 Å². The predicted octanol–water partition coefficient (Wildman–Crippen LogP) is 6.40. The van der Waals surface area contributed by atoms with Crippen molar-refractivity contribution in [2.24, 2.45) is 5.41 Å². The zero-order chi connectivity index (χ0) is 14.0. The molecule has 0 fully saturated rings. The molecule has 0 saturated heterocycles. The van der Waals surface area contributed by atoms with Crippen molar-refractivity contribution >= 4 is 0 Å². The summed E-state index contributed by atoms with van der Waals surface area (Å²) in [5.74, 6) is 0. The molecule has 1 aromatic carbocycles. The van der Waals surface area contributed by atoms with Gasteiger partial charge in [-0.15, -0.1) is 0 Å². The molecule has 108 valence electrons. The number of benzene rings is 1. The fourth-order valence-electron chi connectivity index (χ4n) is 2.91. The largest absolute Gasteiger partial charge is 0.0654 e. The maximum absolute atomic E-state index is 2.42. The molecule has 1 rings (SSSR count). The number of unbranched alkanes of at least 4 members (excludes halogenated alkanes) is 4. The molecule has 0 aliphatic rings. The van der Waals surface area contributed by atoms with Gasteiger partial charge in [0.05, 0.1) is 0 Å². The Morgan fingerprint density at radius 1 is 0.789 bits per heavy atom. The van der Waals surface area contributed by atoms with Gasteiger partial charge < -0.3 is 0 Å². The molecule has 0 amide bonds. The summed E-state index contributed by atoms with van der Waals surface area (Å²) < 4.78 is 0. The summed E-state index contributed by atoms with van der Waals surface area (Å²) in [5.41, 5.74) is 2.06. The SMILES string of the molecule is CCCC(C)(C)CCCCCCCc1ccccc1. The molecule has 0 bridgehead atoms. The third-order valence-corrected chi connectivity index (χ3v) is 4.09. The summed E-state index contributed by atoms with van der Waals surface area (Å²) in [5, 5.41) is 0. The van der Waals surface area contributed by atoms with Crippen LogP contribution in [0.5, 0.6) is 0 Å². The van der Waals surface area contributed by atoms with E-state index in [0.717, 1.165) is 0 Å². The molecule has 0 saturated carbocycles. The minimum absolute atomic E-state index is 0.568. The topological polar surface area (TPSA) is 0 Å². The lowest BCUT2D eigenvalue weighted by molar-refractivity contribution is 0.291. The van der Waals surface area contributed by atoms with Gasteiger partial charge in [-0.05, 0) is 36.7 Å². The molecule has 0 aliphatic heterocycles. The Morgan fingerprint density at radius 3 is 2.11 bits per heavy atom. The molecule has 0 radical (unpaired) electrons. The summed E-state index contributed by atoms with van der Waals surface area (Å²) in [4.78, 5) is 0. The zero-order valence-electron chi connectivity index (χ0n) is 13.3. The van der Waals surface area contributed by atoms with Crippen LogP contribution in [0.2, 0.25) is 0 Å². The predicted molar refractivity (Wildman–Crippen MR) is 86.5 cm³/mol. The van der Waals surface area contributed by atoms with E-state index < -0.39 is 0 Å². The summed E-state index contributed by atoms with van der Waals surface area (Å²) in [6.07, 6.45) is 12.3. The van der Waals surface area contributed by atoms with E-state index >= 15 is 0 Å². The molecule has 0 atom stereocenters. The van der Waals surface area contributed by atoms with E-state index in [4.69, 9.17) is 0 Å². The maximum Gasteiger partial charge on any atom is -0.0279 e. The Balaban J connectivity index is 1.97. The van der Waals surface area contributed by atoms with Gasteiger partial charge in [0.25, 0.3) is 0 Å². The van der Waals surface area contributed by atoms with Crippen LogP contribution in [0, 0.1) is 5.41 Å². The van der Waals surface area contributed by atoms with Crippen molar-refractivity contribution in [1.29, 1.82) is 0 Å². The van der Waals surface area contributed by atoms with Crippen molar-refractivity contribution in [3.05, 3.63) is 35.9 Å². The molecule has 1 aromatic rings. The first-order valence-electron chi connectivity index (χ1n) is 8.18. The number of aryl methyl sites for hydroxylation is 1. The van der Waals surface area contributed by atoms with Crippen LogP contribution < -0.4 is 0 Å². The summed E-state index contributed by atoms with van der Waals surface area (Å²) in [6, 6.07) is 10.9. The van der Waals surface area contributed by atoms with Crippen LogP contribution in [0.3, 0.4) is 0 Å². The highest BCUT2D eigenvalue weighted by Gasteiger charge is 2.15. The average Bonchev–Trinajstić information content (AvgIpc) is 2.38. The van der Waals surface area contributed by atoms with E-state index in [0.29, 0.717) is 5.41 Å². The smallest absolute Gasteiger partial charge is 0.0279 e. The molecule has 0 spiro atoms. The van der Waals surface area contributed by atoms with E-state index in [1.54, 1.807) is 0 Å². The van der Waals surface area contributed by atoms with Crippen LogP contribution >= 0.6 is 0 Å². The number of hydrogen-bond donors (Lipinski definition) is 0. The quantitative estimate of drug-likeness (QED) is 0.427. The van der Waals surface area contributed by atoms with Crippen LogP contribution in [0.15, 0.2) is 30.3 Å². The van der Waals surface area contributed by atoms with Crippen molar-refractivity contribution in [3.8, 4) is 0 Å². The first kappa shape index (κ1) is 16.3. The molecule has 0 aliphatic carbocycles. The second kappa shape index (κ2) is 9.18. The second-order valence-electron chi connectivity index (χ2n) is 6.67. The van der Waals surface area contributed by atoms with Gasteiger partial charge in [-0.2, -0.15) is 0 Å². The Hall–Kier alpha value is -0.780. The van der Waals surface area contributed by atoms with Crippen molar-refractivity contribution < 1.29 is 0 Å². The highest BCUT2D eigenvalue weighted by molar-refractivity contribution is 5.14. The van der Waals surface area contributed by atoms with E-state index in [1.165, 1.54) is 63.4 Å². The third-order valence-electron chi connectivity index (χ3n) is 4.09. The fourth-order valence-corrected chi connectivity index (χ4v) is 2.91. The molecule has 0 heteroatoms. The number of rotatable bonds is 10. The van der Waals surface area contributed by atoms with Crippen molar-refractivity contribution in [1.82, 2.24) is 0 Å². The average molecular weight is 260 g/mol. The van der Waals surface area contributed by atoms with Gasteiger partial charge in [-0.3, -0.25) is 0 Å². The standard InChI is InChI=1S/C19H32/c1-4-16-19(2,3)17-12-7-5-6-9-13-18-14-10-8-11-15-18/h8,10-11,14-15H,4-7,9,12-13,16-17H2,1-3H3. The highest BCUT2D eigenvalue weighted by Crippen LogP contribution is 2.29. The number of hydrogen-bond acceptors (Lipinski definition) is 0. The Bertz CT molecular complexity index is 310. The monoisotopic (exact) mass is 260 g/mol. The lowest BCUT2D eigenvalue weighted by Crippen LogP contribution is -2.10. The van der Waals surface area contributed by atoms with Gasteiger partial charge in [0, 0.05) is 0 Å². The van der Waals surface area contributed by atoms with Gasteiger partial charge in [-0.1, -0.05) is 83.2 Å². The maximum atomic E-state index is 2.42. The van der Waals surface area contributed by atoms with Gasteiger partial charge in [0.2, 0.25) is 0 Å². The third kappa shape index (κ3) is 8.08. The molecule has 0 heterocycles. The lowest BCUT2D eigenvalue weighted by atomic mass is 9.83. The van der Waals surface area contributed by atoms with E-state index in [1.807, 2.05) is 0 Å². The fraction of sp³-hybridized carbons (Fsp3) is 0.684. The van der Waals surface area contributed by atoms with Gasteiger partial charge in [0.1, 0.15) is 0 Å². The summed E-state index contributed by atoms with van der Waals surface area (Å²) >= 11 is 0. The Kier molecular flexibility index (Phi) is 7.86. The molecule has 0 unspecified atom stereocenters. The summed E-state index contributed by atoms with van der Waals surface area (Å²) in [6.45, 7) is 7.14. The van der Waals surface area contributed by atoms with Crippen LogP contribution in [0.25, 0.3) is 0 Å². The highest BCUT2D eigenvalue weighted by atomic mass is 14.2. The van der Waals surface area contributed by atoms with Crippen molar-refractivity contribution in [2.75, 3.05) is 0 Å². The molecule has 0 aromatic heterocycles. The van der Waals surface area contributed by atoms with Crippen LogP contribution in [-0.4, -0.2) is 0 Å². The van der Waals surface area contributed by atoms with Crippen molar-refractivity contribution in [2.45, 2.75) is 78.6 Å². The van der Waals surface area contributed by atoms with Crippen molar-refractivity contribution in [3.63, 3.8) is 0 Å². The molecule has 19 heavy (non-hydrogen) atoms. The van der Waals surface area contributed by atoms with Gasteiger partial charge in [-0.25, -0.2) is 0 Å². The second-order valence-corrected chi connectivity index (χ2v) is 6.67. The minimum atomic E-state index is 0.568. The molecular formula is C19H32. The van der Waals surface area contributed by atoms with Gasteiger partial charge >= 0.3 is 0 Å². The normalized spacial score (nSPS) is 11.7. The Morgan fingerprint density at radius 2 is 1.42 bits per heavy atom. The first-order valence-corrected chi connectivity index (χ1v) is 8.18. The molecule has 0 nitrogen and oxygen atoms in total. The van der Waals surface area contributed by atoms with Crippen LogP contribution in [-0.2, 0) is 6.42 Å². The van der Waals surface area contributed by atoms with Crippen LogP contribution in [0.1, 0.15) is 77.7 Å².